The first-order chi connectivity index (χ1) is 5.79. The van der Waals surface area contributed by atoms with E-state index in [1.165, 1.54) is 11.1 Å². The Labute approximate surface area is 73.4 Å². The summed E-state index contributed by atoms with van der Waals surface area (Å²) in [5.74, 6) is 0. The van der Waals surface area contributed by atoms with Gasteiger partial charge < -0.3 is 0 Å². The summed E-state index contributed by atoms with van der Waals surface area (Å²) in [6.45, 7) is 4.23. The lowest BCUT2D eigenvalue weighted by Crippen LogP contribution is -1.96. The number of nitrogens with zero attached hydrogens (tertiary/aromatic N) is 2. The van der Waals surface area contributed by atoms with Gasteiger partial charge in [-0.1, -0.05) is 6.92 Å². The van der Waals surface area contributed by atoms with Gasteiger partial charge >= 0.3 is 0 Å². The van der Waals surface area contributed by atoms with E-state index in [-0.39, 0.29) is 0 Å². The predicted molar refractivity (Wildman–Crippen MR) is 51.9 cm³/mol. The van der Waals surface area contributed by atoms with Crippen molar-refractivity contribution in [1.29, 1.82) is 0 Å². The Balaban J connectivity index is 3.18. The highest BCUT2D eigenvalue weighted by atomic mass is 14.7. The van der Waals surface area contributed by atoms with Gasteiger partial charge in [0.05, 0.1) is 0 Å². The molecule has 0 aliphatic carbocycles. The molecule has 1 heterocycles. The first kappa shape index (κ1) is 8.91. The van der Waals surface area contributed by atoms with E-state index in [0.717, 1.165) is 12.0 Å². The fraction of sp³-hybridized carbons (Fsp3) is 0.400. The summed E-state index contributed by atoms with van der Waals surface area (Å²) in [4.78, 5) is 8.11. The number of aryl methyl sites for hydroxylation is 1. The van der Waals surface area contributed by atoms with Crippen molar-refractivity contribution in [1.82, 2.24) is 4.98 Å². The third-order valence-electron chi connectivity index (χ3n) is 1.93. The first-order valence-corrected chi connectivity index (χ1v) is 4.15. The Morgan fingerprint density at radius 2 is 2.25 bits per heavy atom. The molecule has 0 aromatic carbocycles. The van der Waals surface area contributed by atoms with E-state index in [2.05, 4.69) is 23.8 Å². The molecule has 1 rings (SSSR count). The molecule has 1 aromatic rings. The van der Waals surface area contributed by atoms with Crippen molar-refractivity contribution in [3.8, 4) is 0 Å². The molecule has 0 spiro atoms. The van der Waals surface area contributed by atoms with Crippen LogP contribution in [-0.4, -0.2) is 18.2 Å². The number of rotatable bonds is 2. The molecule has 0 aliphatic heterocycles. The summed E-state index contributed by atoms with van der Waals surface area (Å²) in [6.07, 6.45) is 6.65. The van der Waals surface area contributed by atoms with Crippen molar-refractivity contribution in [3.63, 3.8) is 0 Å². The number of aromatic nitrogens is 1. The molecule has 0 N–H and O–H groups in total. The van der Waals surface area contributed by atoms with Crippen LogP contribution in [0, 0.1) is 6.92 Å². The van der Waals surface area contributed by atoms with E-state index < -0.39 is 0 Å². The Kier molecular flexibility index (Phi) is 2.97. The van der Waals surface area contributed by atoms with Crippen LogP contribution in [0.5, 0.6) is 0 Å². The molecule has 0 fully saturated rings. The quantitative estimate of drug-likeness (QED) is 0.610. The van der Waals surface area contributed by atoms with Gasteiger partial charge in [-0.15, -0.1) is 0 Å². The van der Waals surface area contributed by atoms with E-state index in [1.54, 1.807) is 7.05 Å². The van der Waals surface area contributed by atoms with Crippen LogP contribution < -0.4 is 0 Å². The minimum absolute atomic E-state index is 1.04. The summed E-state index contributed by atoms with van der Waals surface area (Å²) in [5, 5.41) is 0. The highest BCUT2D eigenvalue weighted by Crippen LogP contribution is 2.10. The van der Waals surface area contributed by atoms with Gasteiger partial charge in [0.25, 0.3) is 0 Å². The Hall–Kier alpha value is -1.18. The maximum absolute atomic E-state index is 4.12. The molecule has 0 amide bonds. The minimum Gasteiger partial charge on any atom is -0.296 e. The molecule has 0 atom stereocenters. The summed E-state index contributed by atoms with van der Waals surface area (Å²) >= 11 is 0. The van der Waals surface area contributed by atoms with Crippen molar-refractivity contribution >= 4 is 6.21 Å². The van der Waals surface area contributed by atoms with Crippen LogP contribution in [0.1, 0.15) is 23.6 Å². The molecule has 0 bridgehead atoms. The summed E-state index contributed by atoms with van der Waals surface area (Å²) in [7, 11) is 1.78. The average Bonchev–Trinajstić information content (AvgIpc) is 2.05. The van der Waals surface area contributed by atoms with Gasteiger partial charge in [0.1, 0.15) is 0 Å². The molecular formula is C10H14N2. The molecule has 64 valence electrons. The van der Waals surface area contributed by atoms with Crippen LogP contribution in [0.3, 0.4) is 0 Å². The normalized spacial score (nSPS) is 10.9. The molecule has 1 aromatic heterocycles. The van der Waals surface area contributed by atoms with E-state index in [0.29, 0.717) is 0 Å². The monoisotopic (exact) mass is 162 g/mol. The van der Waals surface area contributed by atoms with E-state index in [1.807, 2.05) is 18.6 Å². The molecule has 0 radical (unpaired) electrons. The van der Waals surface area contributed by atoms with Gasteiger partial charge in [-0.05, 0) is 24.5 Å². The van der Waals surface area contributed by atoms with Gasteiger partial charge in [0.2, 0.25) is 0 Å². The molecule has 12 heavy (non-hydrogen) atoms. The lowest BCUT2D eigenvalue weighted by Gasteiger charge is -2.04. The Morgan fingerprint density at radius 1 is 1.50 bits per heavy atom. The second kappa shape index (κ2) is 4.00. The standard InChI is InChI=1S/C10H14N2/c1-4-10-8(2)5-12-7-9(10)6-11-3/h5-7H,4H2,1-3H3. The predicted octanol–water partition coefficient (Wildman–Crippen LogP) is 2.00. The van der Waals surface area contributed by atoms with Crippen LogP contribution in [0.2, 0.25) is 0 Å². The zero-order chi connectivity index (χ0) is 8.97. The van der Waals surface area contributed by atoms with Crippen molar-refractivity contribution in [2.45, 2.75) is 20.3 Å². The number of pyridine rings is 1. The van der Waals surface area contributed by atoms with Crippen molar-refractivity contribution in [2.75, 3.05) is 7.05 Å². The first-order valence-electron chi connectivity index (χ1n) is 4.15. The average molecular weight is 162 g/mol. The van der Waals surface area contributed by atoms with Gasteiger partial charge in [-0.3, -0.25) is 9.98 Å². The molecule has 0 saturated heterocycles. The second-order valence-electron chi connectivity index (χ2n) is 2.77. The lowest BCUT2D eigenvalue weighted by molar-refractivity contribution is 1.07. The third kappa shape index (κ3) is 1.70. The van der Waals surface area contributed by atoms with Crippen molar-refractivity contribution in [3.05, 3.63) is 29.1 Å². The summed E-state index contributed by atoms with van der Waals surface area (Å²) < 4.78 is 0. The van der Waals surface area contributed by atoms with Gasteiger partial charge in [0, 0.05) is 31.2 Å². The van der Waals surface area contributed by atoms with E-state index in [9.17, 15) is 0 Å². The topological polar surface area (TPSA) is 25.2 Å². The highest BCUT2D eigenvalue weighted by Gasteiger charge is 2.00. The van der Waals surface area contributed by atoms with Crippen LogP contribution in [0.25, 0.3) is 0 Å². The van der Waals surface area contributed by atoms with Crippen LogP contribution in [-0.2, 0) is 6.42 Å². The van der Waals surface area contributed by atoms with E-state index in [4.69, 9.17) is 0 Å². The maximum Gasteiger partial charge on any atom is 0.0358 e. The largest absolute Gasteiger partial charge is 0.296 e. The van der Waals surface area contributed by atoms with Crippen molar-refractivity contribution < 1.29 is 0 Å². The van der Waals surface area contributed by atoms with Crippen LogP contribution >= 0.6 is 0 Å². The molecule has 0 unspecified atom stereocenters. The molecule has 2 nitrogen and oxygen atoms in total. The molecule has 2 heteroatoms. The molecule has 0 saturated carbocycles. The Morgan fingerprint density at radius 3 is 2.83 bits per heavy atom. The summed E-state index contributed by atoms with van der Waals surface area (Å²) in [6, 6.07) is 0. The number of aliphatic imine (C=N–C) groups is 1. The molecular weight excluding hydrogens is 148 g/mol. The SMILES string of the molecule is CCc1c(C)cncc1C=NC. The van der Waals surface area contributed by atoms with E-state index >= 15 is 0 Å². The molecule has 0 aliphatic rings. The smallest absolute Gasteiger partial charge is 0.0358 e. The highest BCUT2D eigenvalue weighted by molar-refractivity contribution is 5.81. The lowest BCUT2D eigenvalue weighted by atomic mass is 10.0. The van der Waals surface area contributed by atoms with Gasteiger partial charge in [0.15, 0.2) is 0 Å². The summed E-state index contributed by atoms with van der Waals surface area (Å²) in [5.41, 5.74) is 3.73. The maximum atomic E-state index is 4.12. The zero-order valence-electron chi connectivity index (χ0n) is 7.83. The minimum atomic E-state index is 1.04. The van der Waals surface area contributed by atoms with Gasteiger partial charge in [-0.2, -0.15) is 0 Å². The van der Waals surface area contributed by atoms with Gasteiger partial charge in [-0.25, -0.2) is 0 Å². The van der Waals surface area contributed by atoms with Crippen LogP contribution in [0.4, 0.5) is 0 Å². The fourth-order valence-electron chi connectivity index (χ4n) is 1.35. The Bertz CT molecular complexity index is 290. The number of hydrogen-bond acceptors (Lipinski definition) is 2. The fourth-order valence-corrected chi connectivity index (χ4v) is 1.35. The number of hydrogen-bond donors (Lipinski definition) is 0. The van der Waals surface area contributed by atoms with Crippen molar-refractivity contribution in [2.24, 2.45) is 4.99 Å². The second-order valence-corrected chi connectivity index (χ2v) is 2.77. The zero-order valence-corrected chi connectivity index (χ0v) is 7.83. The van der Waals surface area contributed by atoms with Crippen LogP contribution in [0.15, 0.2) is 17.4 Å². The third-order valence-corrected chi connectivity index (χ3v) is 1.93.